The van der Waals surface area contributed by atoms with Gasteiger partial charge in [-0.05, 0) is 53.9 Å². The first kappa shape index (κ1) is 17.8. The van der Waals surface area contributed by atoms with Crippen LogP contribution in [0.25, 0.3) is 0 Å². The van der Waals surface area contributed by atoms with Gasteiger partial charge in [0.15, 0.2) is 0 Å². The van der Waals surface area contributed by atoms with Gasteiger partial charge in [-0.3, -0.25) is 0 Å². The zero-order valence-corrected chi connectivity index (χ0v) is 14.9. The van der Waals surface area contributed by atoms with Crippen molar-refractivity contribution in [2.75, 3.05) is 13.1 Å². The Kier molecular flexibility index (Phi) is 5.68. The maximum absolute atomic E-state index is 12.2. The molecule has 1 aliphatic rings. The molecule has 0 aliphatic carbocycles. The minimum absolute atomic E-state index is 0.205. The topological polar surface area (TPSA) is 67.6 Å². The van der Waals surface area contributed by atoms with E-state index in [2.05, 4.69) is 10.5 Å². The van der Waals surface area contributed by atoms with Crippen molar-refractivity contribution in [3.63, 3.8) is 0 Å². The fraction of sp³-hybridized carbons (Fsp3) is 0.765. The number of likely N-dealkylation sites (tertiary alicyclic amines) is 1. The summed E-state index contributed by atoms with van der Waals surface area (Å²) in [6.07, 6.45) is 2.77. The Balaban J connectivity index is 1.83. The van der Waals surface area contributed by atoms with Gasteiger partial charge in [-0.1, -0.05) is 5.16 Å². The number of hydrogen-bond acceptors (Lipinski definition) is 5. The molecule has 0 radical (unpaired) electrons. The summed E-state index contributed by atoms with van der Waals surface area (Å²) >= 11 is 0. The minimum atomic E-state index is -0.440. The van der Waals surface area contributed by atoms with Crippen LogP contribution in [0.3, 0.4) is 0 Å². The Morgan fingerprint density at radius 2 is 2.09 bits per heavy atom. The van der Waals surface area contributed by atoms with Crippen LogP contribution in [0, 0.1) is 13.8 Å². The van der Waals surface area contributed by atoms with E-state index < -0.39 is 5.60 Å². The zero-order chi connectivity index (χ0) is 17.0. The molecule has 0 saturated carbocycles. The monoisotopic (exact) mass is 323 g/mol. The second kappa shape index (κ2) is 7.34. The lowest BCUT2D eigenvalue weighted by Crippen LogP contribution is -2.38. The molecule has 1 unspecified atom stereocenters. The van der Waals surface area contributed by atoms with E-state index in [4.69, 9.17) is 9.26 Å². The Bertz CT molecular complexity index is 514. The standard InChI is InChI=1S/C17H29N3O3/c1-12-15(13(2)23-19-12)11-18-14-7-6-9-20(10-8-14)16(21)22-17(3,4)5/h14,18H,6-11H2,1-5H3. The molecule has 6 nitrogen and oxygen atoms in total. The molecular weight excluding hydrogens is 294 g/mol. The fourth-order valence-corrected chi connectivity index (χ4v) is 2.81. The molecule has 0 spiro atoms. The van der Waals surface area contributed by atoms with Crippen molar-refractivity contribution in [1.82, 2.24) is 15.4 Å². The summed E-state index contributed by atoms with van der Waals surface area (Å²) in [6.45, 7) is 11.9. The number of carbonyl (C=O) groups excluding carboxylic acids is 1. The molecule has 1 amide bonds. The normalized spacial score (nSPS) is 19.5. The first-order valence-corrected chi connectivity index (χ1v) is 8.39. The molecule has 23 heavy (non-hydrogen) atoms. The Morgan fingerprint density at radius 1 is 1.35 bits per heavy atom. The Hall–Kier alpha value is -1.56. The Morgan fingerprint density at radius 3 is 2.70 bits per heavy atom. The van der Waals surface area contributed by atoms with Crippen LogP contribution in [0.15, 0.2) is 4.52 Å². The average Bonchev–Trinajstić information content (AvgIpc) is 2.65. The molecule has 1 fully saturated rings. The van der Waals surface area contributed by atoms with Crippen molar-refractivity contribution in [3.8, 4) is 0 Å². The first-order chi connectivity index (χ1) is 10.8. The van der Waals surface area contributed by atoms with E-state index in [-0.39, 0.29) is 6.09 Å². The summed E-state index contributed by atoms with van der Waals surface area (Å²) in [5, 5.41) is 7.56. The maximum atomic E-state index is 12.2. The van der Waals surface area contributed by atoms with E-state index in [0.717, 1.165) is 55.9 Å². The van der Waals surface area contributed by atoms with Gasteiger partial charge in [0.2, 0.25) is 0 Å². The predicted octanol–water partition coefficient (Wildman–Crippen LogP) is 3.17. The number of ether oxygens (including phenoxy) is 1. The molecule has 1 aromatic heterocycles. The van der Waals surface area contributed by atoms with Crippen molar-refractivity contribution in [3.05, 3.63) is 17.0 Å². The molecular formula is C17H29N3O3. The molecule has 6 heteroatoms. The van der Waals surface area contributed by atoms with Crippen molar-refractivity contribution >= 4 is 6.09 Å². The lowest BCUT2D eigenvalue weighted by Gasteiger charge is -2.26. The highest BCUT2D eigenvalue weighted by Gasteiger charge is 2.25. The number of hydrogen-bond donors (Lipinski definition) is 1. The molecule has 0 aromatic carbocycles. The molecule has 130 valence electrons. The van der Waals surface area contributed by atoms with Crippen molar-refractivity contribution in [2.24, 2.45) is 0 Å². The van der Waals surface area contributed by atoms with E-state index in [1.165, 1.54) is 0 Å². The highest BCUT2D eigenvalue weighted by molar-refractivity contribution is 5.68. The quantitative estimate of drug-likeness (QED) is 0.925. The van der Waals surface area contributed by atoms with E-state index >= 15 is 0 Å². The summed E-state index contributed by atoms with van der Waals surface area (Å²) in [5.74, 6) is 0.874. The molecule has 1 saturated heterocycles. The number of aromatic nitrogens is 1. The van der Waals surface area contributed by atoms with Crippen LogP contribution in [0.4, 0.5) is 4.79 Å². The lowest BCUT2D eigenvalue weighted by molar-refractivity contribution is 0.0256. The van der Waals surface area contributed by atoms with Crippen molar-refractivity contribution < 1.29 is 14.1 Å². The van der Waals surface area contributed by atoms with Gasteiger partial charge in [-0.25, -0.2) is 4.79 Å². The van der Waals surface area contributed by atoms with E-state index in [9.17, 15) is 4.79 Å². The largest absolute Gasteiger partial charge is 0.444 e. The van der Waals surface area contributed by atoms with Gasteiger partial charge in [0.25, 0.3) is 0 Å². The van der Waals surface area contributed by atoms with Crippen LogP contribution in [0.2, 0.25) is 0 Å². The van der Waals surface area contributed by atoms with Crippen LogP contribution in [0.1, 0.15) is 57.1 Å². The predicted molar refractivity (Wildman–Crippen MR) is 88.3 cm³/mol. The van der Waals surface area contributed by atoms with Gasteiger partial charge in [0.05, 0.1) is 5.69 Å². The van der Waals surface area contributed by atoms with E-state index in [0.29, 0.717) is 6.04 Å². The summed E-state index contributed by atoms with van der Waals surface area (Å²) in [5.41, 5.74) is 1.64. The van der Waals surface area contributed by atoms with Gasteiger partial charge in [0.1, 0.15) is 11.4 Å². The van der Waals surface area contributed by atoms with E-state index in [1.807, 2.05) is 39.5 Å². The third kappa shape index (κ3) is 5.23. The summed E-state index contributed by atoms with van der Waals surface area (Å²) < 4.78 is 10.7. The number of amides is 1. The number of carbonyl (C=O) groups is 1. The third-order valence-electron chi connectivity index (χ3n) is 4.13. The Labute approximate surface area is 138 Å². The number of nitrogens with one attached hydrogen (secondary N) is 1. The van der Waals surface area contributed by atoms with E-state index in [1.54, 1.807) is 0 Å². The highest BCUT2D eigenvalue weighted by Crippen LogP contribution is 2.17. The second-order valence-electron chi connectivity index (χ2n) is 7.28. The van der Waals surface area contributed by atoms with Crippen LogP contribution < -0.4 is 5.32 Å². The summed E-state index contributed by atoms with van der Waals surface area (Å²) in [6, 6.07) is 0.399. The highest BCUT2D eigenvalue weighted by atomic mass is 16.6. The molecule has 2 rings (SSSR count). The first-order valence-electron chi connectivity index (χ1n) is 8.39. The second-order valence-corrected chi connectivity index (χ2v) is 7.28. The zero-order valence-electron chi connectivity index (χ0n) is 14.9. The number of rotatable bonds is 3. The average molecular weight is 323 g/mol. The van der Waals surface area contributed by atoms with Crippen LogP contribution >= 0.6 is 0 Å². The molecule has 2 heterocycles. The van der Waals surface area contributed by atoms with Crippen molar-refractivity contribution in [1.29, 1.82) is 0 Å². The molecule has 1 atom stereocenters. The number of nitrogens with zero attached hydrogens (tertiary/aromatic N) is 2. The van der Waals surface area contributed by atoms with Gasteiger partial charge in [-0.15, -0.1) is 0 Å². The van der Waals surface area contributed by atoms with Crippen LogP contribution in [-0.4, -0.2) is 40.9 Å². The fourth-order valence-electron chi connectivity index (χ4n) is 2.81. The van der Waals surface area contributed by atoms with Gasteiger partial charge in [0, 0.05) is 31.2 Å². The smallest absolute Gasteiger partial charge is 0.410 e. The minimum Gasteiger partial charge on any atom is -0.444 e. The van der Waals surface area contributed by atoms with Gasteiger partial charge < -0.3 is 19.5 Å². The van der Waals surface area contributed by atoms with Crippen LogP contribution in [-0.2, 0) is 11.3 Å². The third-order valence-corrected chi connectivity index (χ3v) is 4.13. The summed E-state index contributed by atoms with van der Waals surface area (Å²) in [7, 11) is 0. The summed E-state index contributed by atoms with van der Waals surface area (Å²) in [4.78, 5) is 14.0. The lowest BCUT2D eigenvalue weighted by atomic mass is 10.1. The molecule has 1 aromatic rings. The SMILES string of the molecule is Cc1noc(C)c1CNC1CCCN(C(=O)OC(C)(C)C)CC1. The van der Waals surface area contributed by atoms with Gasteiger partial charge >= 0.3 is 6.09 Å². The van der Waals surface area contributed by atoms with Gasteiger partial charge in [-0.2, -0.15) is 0 Å². The molecule has 1 N–H and O–H groups in total. The number of aryl methyl sites for hydroxylation is 2. The van der Waals surface area contributed by atoms with Crippen LogP contribution in [0.5, 0.6) is 0 Å². The maximum Gasteiger partial charge on any atom is 0.410 e. The molecule has 0 bridgehead atoms. The van der Waals surface area contributed by atoms with Crippen molar-refractivity contribution in [2.45, 2.75) is 72.1 Å². The molecule has 1 aliphatic heterocycles.